The number of rotatable bonds is 1. The molecule has 0 saturated carbocycles. The van der Waals surface area contributed by atoms with E-state index in [4.69, 9.17) is 0 Å². The molecule has 0 bridgehead atoms. The molecular weight excluding hydrogens is 242 g/mol. The highest BCUT2D eigenvalue weighted by Crippen LogP contribution is 2.20. The van der Waals surface area contributed by atoms with Crippen LogP contribution in [0, 0.1) is 0 Å². The van der Waals surface area contributed by atoms with Gasteiger partial charge in [-0.1, -0.05) is 24.3 Å². The fraction of sp³-hybridized carbons (Fsp3) is 0. The second-order valence-electron chi connectivity index (χ2n) is 4.06. The molecule has 5 nitrogen and oxygen atoms in total. The number of nitrogens with one attached hydrogen (secondary N) is 1. The summed E-state index contributed by atoms with van der Waals surface area (Å²) in [5, 5.41) is 13.0. The summed E-state index contributed by atoms with van der Waals surface area (Å²) in [5.74, 6) is 0. The first-order chi connectivity index (χ1) is 9.27. The van der Waals surface area contributed by atoms with Gasteiger partial charge in [-0.05, 0) is 18.2 Å². The van der Waals surface area contributed by atoms with Gasteiger partial charge in [0.2, 0.25) is 0 Å². The van der Waals surface area contributed by atoms with E-state index >= 15 is 0 Å². The first-order valence-electron chi connectivity index (χ1n) is 5.77. The molecule has 1 aromatic carbocycles. The van der Waals surface area contributed by atoms with Crippen molar-refractivity contribution in [1.82, 2.24) is 15.0 Å². The zero-order chi connectivity index (χ0) is 13.2. The van der Waals surface area contributed by atoms with Gasteiger partial charge in [0.1, 0.15) is 6.33 Å². The SMILES string of the molecule is O=c1c2c(C3=CC=CC=CN3)cccc2ncn1O. The normalized spacial score (nSPS) is 14.0. The summed E-state index contributed by atoms with van der Waals surface area (Å²) in [7, 11) is 0. The molecule has 0 unspecified atom stereocenters. The Morgan fingerprint density at radius 1 is 1.21 bits per heavy atom. The minimum atomic E-state index is -0.486. The van der Waals surface area contributed by atoms with E-state index in [-0.39, 0.29) is 0 Å². The van der Waals surface area contributed by atoms with E-state index in [1.54, 1.807) is 12.3 Å². The van der Waals surface area contributed by atoms with Crippen LogP contribution in [-0.2, 0) is 0 Å². The van der Waals surface area contributed by atoms with Gasteiger partial charge in [-0.15, -0.1) is 4.73 Å². The van der Waals surface area contributed by atoms with Crippen LogP contribution in [0.1, 0.15) is 5.56 Å². The Labute approximate surface area is 108 Å². The van der Waals surface area contributed by atoms with Gasteiger partial charge in [0.05, 0.1) is 10.9 Å². The zero-order valence-corrected chi connectivity index (χ0v) is 9.95. The Balaban J connectivity index is 2.33. The summed E-state index contributed by atoms with van der Waals surface area (Å²) in [6.07, 6.45) is 10.4. The highest BCUT2D eigenvalue weighted by Gasteiger charge is 2.11. The number of hydrogen-bond donors (Lipinski definition) is 2. The summed E-state index contributed by atoms with van der Waals surface area (Å²) in [6.45, 7) is 0. The third kappa shape index (κ3) is 1.91. The number of hydrogen-bond acceptors (Lipinski definition) is 4. The second kappa shape index (κ2) is 4.45. The molecule has 0 radical (unpaired) electrons. The Kier molecular flexibility index (Phi) is 2.64. The molecule has 5 heteroatoms. The Bertz CT molecular complexity index is 785. The molecule has 0 amide bonds. The number of nitrogens with zero attached hydrogens (tertiary/aromatic N) is 2. The van der Waals surface area contributed by atoms with Crippen LogP contribution in [0.2, 0.25) is 0 Å². The van der Waals surface area contributed by atoms with Crippen LogP contribution in [0.5, 0.6) is 0 Å². The summed E-state index contributed by atoms with van der Waals surface area (Å²) in [6, 6.07) is 5.38. The maximum atomic E-state index is 12.1. The van der Waals surface area contributed by atoms with Crippen LogP contribution >= 0.6 is 0 Å². The smallest absolute Gasteiger partial charge is 0.294 e. The van der Waals surface area contributed by atoms with Crippen molar-refractivity contribution in [2.45, 2.75) is 0 Å². The molecule has 94 valence electrons. The van der Waals surface area contributed by atoms with Crippen LogP contribution in [0.3, 0.4) is 0 Å². The fourth-order valence-electron chi connectivity index (χ4n) is 2.01. The first-order valence-corrected chi connectivity index (χ1v) is 5.77. The van der Waals surface area contributed by atoms with E-state index in [2.05, 4.69) is 10.3 Å². The summed E-state index contributed by atoms with van der Waals surface area (Å²) < 4.78 is 0.495. The molecule has 0 aliphatic carbocycles. The van der Waals surface area contributed by atoms with Gasteiger partial charge in [-0.2, -0.15) is 0 Å². The van der Waals surface area contributed by atoms with Gasteiger partial charge in [0.15, 0.2) is 0 Å². The molecule has 1 aromatic heterocycles. The number of fused-ring (bicyclic) bond motifs is 1. The van der Waals surface area contributed by atoms with Gasteiger partial charge in [-0.3, -0.25) is 4.79 Å². The highest BCUT2D eigenvalue weighted by atomic mass is 16.5. The molecule has 2 aromatic rings. The number of allylic oxidation sites excluding steroid dienone is 4. The largest absolute Gasteiger partial charge is 0.424 e. The average molecular weight is 253 g/mol. The van der Waals surface area contributed by atoms with Crippen molar-refractivity contribution in [3.05, 3.63) is 70.9 Å². The van der Waals surface area contributed by atoms with Crippen molar-refractivity contribution in [3.8, 4) is 0 Å². The zero-order valence-electron chi connectivity index (χ0n) is 9.95. The molecule has 1 aliphatic rings. The monoisotopic (exact) mass is 253 g/mol. The van der Waals surface area contributed by atoms with Gasteiger partial charge in [-0.25, -0.2) is 4.98 Å². The number of aromatic nitrogens is 2. The van der Waals surface area contributed by atoms with Crippen molar-refractivity contribution >= 4 is 16.6 Å². The van der Waals surface area contributed by atoms with Crippen molar-refractivity contribution in [1.29, 1.82) is 0 Å². The summed E-state index contributed by atoms with van der Waals surface area (Å²) in [4.78, 5) is 16.1. The minimum Gasteiger partial charge on any atom is -0.424 e. The lowest BCUT2D eigenvalue weighted by atomic mass is 10.1. The molecule has 3 rings (SSSR count). The first kappa shape index (κ1) is 11.3. The summed E-state index contributed by atoms with van der Waals surface area (Å²) in [5.41, 5.74) is 1.54. The van der Waals surface area contributed by atoms with Crippen molar-refractivity contribution < 1.29 is 5.21 Å². The van der Waals surface area contributed by atoms with Crippen LogP contribution in [0.15, 0.2) is 59.8 Å². The van der Waals surface area contributed by atoms with Gasteiger partial charge in [0, 0.05) is 17.5 Å². The van der Waals surface area contributed by atoms with Gasteiger partial charge in [0.25, 0.3) is 5.56 Å². The average Bonchev–Trinajstić information content (AvgIpc) is 2.71. The lowest BCUT2D eigenvalue weighted by Crippen LogP contribution is -2.20. The van der Waals surface area contributed by atoms with Crippen LogP contribution in [0.4, 0.5) is 0 Å². The third-order valence-corrected chi connectivity index (χ3v) is 2.88. The molecule has 2 heterocycles. The molecule has 0 fully saturated rings. The highest BCUT2D eigenvalue weighted by molar-refractivity contribution is 5.91. The third-order valence-electron chi connectivity index (χ3n) is 2.88. The van der Waals surface area contributed by atoms with Crippen molar-refractivity contribution in [2.75, 3.05) is 0 Å². The Hall–Kier alpha value is -2.82. The van der Waals surface area contributed by atoms with Gasteiger partial charge >= 0.3 is 0 Å². The summed E-state index contributed by atoms with van der Waals surface area (Å²) >= 11 is 0. The predicted octanol–water partition coefficient (Wildman–Crippen LogP) is 1.65. The van der Waals surface area contributed by atoms with Crippen molar-refractivity contribution in [3.63, 3.8) is 0 Å². The van der Waals surface area contributed by atoms with E-state index < -0.39 is 5.56 Å². The lowest BCUT2D eigenvalue weighted by molar-refractivity contribution is 0.173. The molecule has 19 heavy (non-hydrogen) atoms. The molecular formula is C14H11N3O2. The molecule has 1 aliphatic heterocycles. The van der Waals surface area contributed by atoms with E-state index in [0.717, 1.165) is 12.0 Å². The van der Waals surface area contributed by atoms with Crippen LogP contribution < -0.4 is 10.9 Å². The maximum absolute atomic E-state index is 12.1. The van der Waals surface area contributed by atoms with Crippen LogP contribution in [-0.4, -0.2) is 14.9 Å². The number of benzene rings is 1. The van der Waals surface area contributed by atoms with E-state index in [0.29, 0.717) is 21.2 Å². The molecule has 0 spiro atoms. The minimum absolute atomic E-state index is 0.384. The molecule has 0 saturated heterocycles. The Morgan fingerprint density at radius 3 is 3.00 bits per heavy atom. The standard InChI is InChI=1S/C14H11N3O2/c18-14-13-10(11-6-2-1-3-8-15-11)5-4-7-12(13)16-9-17(14)19/h1-9,15,19H. The van der Waals surface area contributed by atoms with Gasteiger partial charge < -0.3 is 10.5 Å². The predicted molar refractivity (Wildman–Crippen MR) is 72.6 cm³/mol. The van der Waals surface area contributed by atoms with E-state index in [9.17, 15) is 10.0 Å². The van der Waals surface area contributed by atoms with Crippen molar-refractivity contribution in [2.24, 2.45) is 0 Å². The van der Waals surface area contributed by atoms with E-state index in [1.165, 1.54) is 0 Å². The quantitative estimate of drug-likeness (QED) is 0.758. The fourth-order valence-corrected chi connectivity index (χ4v) is 2.01. The topological polar surface area (TPSA) is 67.2 Å². The molecule has 2 N–H and O–H groups in total. The second-order valence-corrected chi connectivity index (χ2v) is 4.06. The Morgan fingerprint density at radius 2 is 2.11 bits per heavy atom. The molecule has 0 atom stereocenters. The van der Waals surface area contributed by atoms with E-state index in [1.807, 2.05) is 36.4 Å². The lowest BCUT2D eigenvalue weighted by Gasteiger charge is -2.09. The maximum Gasteiger partial charge on any atom is 0.294 e. The van der Waals surface area contributed by atoms with Crippen LogP contribution in [0.25, 0.3) is 16.6 Å².